The predicted molar refractivity (Wildman–Crippen MR) is 165 cm³/mol. The van der Waals surface area contributed by atoms with Gasteiger partial charge in [-0.15, -0.1) is 9.24 Å². The molecule has 1 atom stereocenters. The van der Waals surface area contributed by atoms with E-state index in [1.54, 1.807) is 15.6 Å². The third-order valence-corrected chi connectivity index (χ3v) is 10.8. The molecule has 11 heteroatoms. The van der Waals surface area contributed by atoms with E-state index in [9.17, 15) is 8.42 Å². The Labute approximate surface area is 238 Å². The molecule has 4 heterocycles. The van der Waals surface area contributed by atoms with E-state index in [0.717, 1.165) is 91.3 Å². The normalized spacial score (nSPS) is 19.4. The average molecular weight is 590 g/mol. The second kappa shape index (κ2) is 13.1. The first-order chi connectivity index (χ1) is 18.9. The fourth-order valence-electron chi connectivity index (χ4n) is 5.30. The van der Waals surface area contributed by atoms with E-state index < -0.39 is 10.0 Å². The number of aromatic nitrogens is 1. The van der Waals surface area contributed by atoms with Crippen molar-refractivity contribution in [2.45, 2.75) is 58.0 Å². The maximum Gasteiger partial charge on any atom is 0.274 e. The molecule has 1 aromatic heterocycles. The summed E-state index contributed by atoms with van der Waals surface area (Å²) in [5.41, 5.74) is 4.65. The summed E-state index contributed by atoms with van der Waals surface area (Å²) in [7, 11) is -0.522. The van der Waals surface area contributed by atoms with E-state index in [1.165, 1.54) is 11.1 Å². The molecule has 3 aliphatic heterocycles. The fourth-order valence-corrected chi connectivity index (χ4v) is 8.01. The minimum Gasteiger partial charge on any atom is -0.467 e. The van der Waals surface area contributed by atoms with Gasteiger partial charge in [-0.1, -0.05) is 36.8 Å². The first kappa shape index (κ1) is 28.5. The number of hydrogen-bond donors (Lipinski definition) is 1. The number of nitrogens with zero attached hydrogens (tertiary/aromatic N) is 4. The Morgan fingerprint density at radius 3 is 2.74 bits per heavy atom. The minimum atomic E-state index is -3.18. The molecule has 0 bridgehead atoms. The Hall–Kier alpha value is -2.00. The molecule has 1 saturated heterocycles. The Kier molecular flexibility index (Phi) is 9.59. The van der Waals surface area contributed by atoms with Crippen molar-refractivity contribution in [1.29, 1.82) is 0 Å². The van der Waals surface area contributed by atoms with Gasteiger partial charge in [-0.05, 0) is 60.7 Å². The van der Waals surface area contributed by atoms with Gasteiger partial charge in [0.1, 0.15) is 6.10 Å². The van der Waals surface area contributed by atoms with Crippen LogP contribution in [0.4, 0.5) is 0 Å². The summed E-state index contributed by atoms with van der Waals surface area (Å²) in [6, 6.07) is 6.32. The second-order valence-electron chi connectivity index (χ2n) is 10.5. The summed E-state index contributed by atoms with van der Waals surface area (Å²) in [4.78, 5) is 11.8. The van der Waals surface area contributed by atoms with Gasteiger partial charge in [0.05, 0.1) is 22.5 Å². The van der Waals surface area contributed by atoms with Crippen molar-refractivity contribution >= 4 is 52.3 Å². The summed E-state index contributed by atoms with van der Waals surface area (Å²) in [6.45, 7) is 5.82. The van der Waals surface area contributed by atoms with Crippen molar-refractivity contribution in [3.05, 3.63) is 41.6 Å². The van der Waals surface area contributed by atoms with Crippen molar-refractivity contribution in [2.24, 2.45) is 4.99 Å². The third-order valence-electron chi connectivity index (χ3n) is 7.58. The number of unbranched alkanes of at least 4 members (excludes halogenated alkanes) is 1. The molecule has 1 unspecified atom stereocenters. The number of likely N-dealkylation sites (tertiary alicyclic amines) is 1. The van der Waals surface area contributed by atoms with Crippen LogP contribution in [0.15, 0.2) is 41.0 Å². The summed E-state index contributed by atoms with van der Waals surface area (Å²) < 4.78 is 34.3. The standard InChI is InChI=1S/C28H40N5O3PS2/c1-2-5-21-19-29-27(30-20-21)32-12-10-24(11-13-32)36-28-31-25-7-6-23(18-26(25)38-28)22-8-14-33(15-9-22)39(34,35)17-4-3-16-37/h6-8,18-19,24H,2-5,9-17,20,37H2,1H3,(H,29,30). The van der Waals surface area contributed by atoms with Crippen LogP contribution in [0.2, 0.25) is 0 Å². The lowest BCUT2D eigenvalue weighted by Gasteiger charge is -2.34. The number of hydrogen-bond acceptors (Lipinski definition) is 8. The smallest absolute Gasteiger partial charge is 0.274 e. The van der Waals surface area contributed by atoms with Crippen molar-refractivity contribution in [1.82, 2.24) is 19.5 Å². The molecule has 8 nitrogen and oxygen atoms in total. The van der Waals surface area contributed by atoms with Crippen LogP contribution in [0.5, 0.6) is 5.19 Å². The molecular formula is C28H40N5O3PS2. The highest BCUT2D eigenvalue weighted by Gasteiger charge is 2.26. The summed E-state index contributed by atoms with van der Waals surface area (Å²) >= 11 is 1.59. The molecule has 39 heavy (non-hydrogen) atoms. The number of guanidine groups is 1. The first-order valence-corrected chi connectivity index (χ1v) is 17.4. The average Bonchev–Trinajstić information content (AvgIpc) is 3.36. The van der Waals surface area contributed by atoms with E-state index in [0.29, 0.717) is 19.5 Å². The van der Waals surface area contributed by atoms with Crippen LogP contribution in [0, 0.1) is 0 Å². The molecule has 1 aromatic carbocycles. The minimum absolute atomic E-state index is 0.154. The SMILES string of the molecule is CCCC1=CNC(N2CCC(Oc3nc4ccc(C5=CCN(S(=O)(=O)CCCCP)CC5)cc4s3)CC2)=NC1. The summed E-state index contributed by atoms with van der Waals surface area (Å²) in [5.74, 6) is 1.22. The van der Waals surface area contributed by atoms with Gasteiger partial charge in [-0.2, -0.15) is 4.31 Å². The van der Waals surface area contributed by atoms with Gasteiger partial charge in [0.15, 0.2) is 5.96 Å². The van der Waals surface area contributed by atoms with Crippen molar-refractivity contribution < 1.29 is 13.2 Å². The summed E-state index contributed by atoms with van der Waals surface area (Å²) in [5, 5.41) is 4.11. The molecule has 0 aliphatic carbocycles. The van der Waals surface area contributed by atoms with E-state index >= 15 is 0 Å². The molecule has 212 valence electrons. The van der Waals surface area contributed by atoms with E-state index in [1.807, 2.05) is 0 Å². The Bertz CT molecular complexity index is 1350. The molecule has 0 saturated carbocycles. The second-order valence-corrected chi connectivity index (χ2v) is 14.1. The Balaban J connectivity index is 1.15. The van der Waals surface area contributed by atoms with Gasteiger partial charge in [-0.3, -0.25) is 0 Å². The molecule has 0 amide bonds. The summed E-state index contributed by atoms with van der Waals surface area (Å²) in [6.07, 6.45) is 11.8. The van der Waals surface area contributed by atoms with Crippen LogP contribution in [0.1, 0.15) is 57.4 Å². The lowest BCUT2D eigenvalue weighted by atomic mass is 10.0. The van der Waals surface area contributed by atoms with E-state index in [-0.39, 0.29) is 11.9 Å². The van der Waals surface area contributed by atoms with Crippen LogP contribution in [-0.4, -0.2) is 79.3 Å². The molecular weight excluding hydrogens is 549 g/mol. The molecule has 2 aromatic rings. The van der Waals surface area contributed by atoms with Gasteiger partial charge < -0.3 is 15.0 Å². The van der Waals surface area contributed by atoms with Crippen molar-refractivity contribution in [2.75, 3.05) is 44.6 Å². The lowest BCUT2D eigenvalue weighted by Crippen LogP contribution is -2.47. The quantitative estimate of drug-likeness (QED) is 0.315. The zero-order valence-electron chi connectivity index (χ0n) is 22.8. The number of rotatable bonds is 10. The highest BCUT2D eigenvalue weighted by Crippen LogP contribution is 2.33. The van der Waals surface area contributed by atoms with Crippen LogP contribution < -0.4 is 10.1 Å². The molecule has 0 spiro atoms. The molecule has 1 N–H and O–H groups in total. The predicted octanol–water partition coefficient (Wildman–Crippen LogP) is 4.86. The number of benzene rings is 1. The highest BCUT2D eigenvalue weighted by atomic mass is 32.2. The number of piperidine rings is 1. The van der Waals surface area contributed by atoms with Crippen LogP contribution in [0.25, 0.3) is 15.8 Å². The largest absolute Gasteiger partial charge is 0.467 e. The van der Waals surface area contributed by atoms with Crippen molar-refractivity contribution in [3.8, 4) is 5.19 Å². The fraction of sp³-hybridized carbons (Fsp3) is 0.571. The molecule has 0 radical (unpaired) electrons. The molecule has 5 rings (SSSR count). The monoisotopic (exact) mass is 589 g/mol. The Morgan fingerprint density at radius 2 is 2.05 bits per heavy atom. The van der Waals surface area contributed by atoms with Crippen LogP contribution >= 0.6 is 20.6 Å². The van der Waals surface area contributed by atoms with Gasteiger partial charge in [0, 0.05) is 45.2 Å². The van der Waals surface area contributed by atoms with Crippen LogP contribution in [0.3, 0.4) is 0 Å². The Morgan fingerprint density at radius 1 is 1.21 bits per heavy atom. The number of nitrogens with one attached hydrogen (secondary N) is 1. The maximum atomic E-state index is 12.6. The van der Waals surface area contributed by atoms with E-state index in [4.69, 9.17) is 14.7 Å². The van der Waals surface area contributed by atoms with Gasteiger partial charge >= 0.3 is 0 Å². The highest BCUT2D eigenvalue weighted by molar-refractivity contribution is 7.89. The van der Waals surface area contributed by atoms with Gasteiger partial charge in [-0.25, -0.2) is 18.4 Å². The number of fused-ring (bicyclic) bond motifs is 1. The number of sulfonamides is 1. The molecule has 1 fully saturated rings. The molecule has 3 aliphatic rings. The zero-order chi connectivity index (χ0) is 27.2. The number of aliphatic imine (C=N–C) groups is 1. The lowest BCUT2D eigenvalue weighted by molar-refractivity contribution is 0.129. The maximum absolute atomic E-state index is 12.6. The topological polar surface area (TPSA) is 87.1 Å². The van der Waals surface area contributed by atoms with Gasteiger partial charge in [0.25, 0.3) is 5.19 Å². The van der Waals surface area contributed by atoms with Crippen molar-refractivity contribution in [3.63, 3.8) is 0 Å². The third kappa shape index (κ3) is 7.20. The number of ether oxygens (including phenoxy) is 1. The van der Waals surface area contributed by atoms with E-state index in [2.05, 4.69) is 56.9 Å². The van der Waals surface area contributed by atoms with Crippen LogP contribution in [-0.2, 0) is 10.0 Å². The van der Waals surface area contributed by atoms with Gasteiger partial charge in [0.2, 0.25) is 10.0 Å². The first-order valence-electron chi connectivity index (χ1n) is 14.1. The number of thiazole rings is 1. The zero-order valence-corrected chi connectivity index (χ0v) is 25.6.